The maximum Gasteiger partial charge on any atom is 0.243 e. The van der Waals surface area contributed by atoms with Gasteiger partial charge in [-0.25, -0.2) is 0 Å². The molecule has 3 aromatic carbocycles. The molecule has 0 spiro atoms. The molecule has 0 aliphatic heterocycles. The molecule has 3 rings (SSSR count). The minimum absolute atomic E-state index is 0.107. The molecule has 0 aromatic heterocycles. The lowest BCUT2D eigenvalue weighted by atomic mass is 10.0. The second-order valence-corrected chi connectivity index (χ2v) is 10.1. The molecule has 1 N–H and O–H groups in total. The first-order valence-electron chi connectivity index (χ1n) is 11.6. The highest BCUT2D eigenvalue weighted by Crippen LogP contribution is 2.22. The zero-order valence-electron chi connectivity index (χ0n) is 19.8. The van der Waals surface area contributed by atoms with Crippen molar-refractivity contribution in [2.24, 2.45) is 0 Å². The first-order chi connectivity index (χ1) is 17.0. The molecule has 0 aliphatic carbocycles. The molecular weight excluding hydrogens is 499 g/mol. The number of thioether (sulfide) groups is 1. The standard InChI is InChI=1S/C28H30Cl2N2O2S/c1-2-15-31-28(34)26(17-21-9-4-3-5-10-21)32(18-23-12-6-7-14-25(23)30)27(33)20-35-19-22-11-8-13-24(29)16-22/h3-14,16,26H,2,15,17-20H2,1H3,(H,31,34). The molecule has 0 fully saturated rings. The van der Waals surface area contributed by atoms with E-state index in [-0.39, 0.29) is 24.1 Å². The van der Waals surface area contributed by atoms with Gasteiger partial charge in [-0.2, -0.15) is 0 Å². The van der Waals surface area contributed by atoms with Gasteiger partial charge in [0.25, 0.3) is 0 Å². The fourth-order valence-corrected chi connectivity index (χ4v) is 4.96. The zero-order chi connectivity index (χ0) is 25.0. The van der Waals surface area contributed by atoms with Gasteiger partial charge in [-0.3, -0.25) is 9.59 Å². The molecule has 4 nitrogen and oxygen atoms in total. The van der Waals surface area contributed by atoms with E-state index in [0.29, 0.717) is 28.8 Å². The van der Waals surface area contributed by atoms with Crippen molar-refractivity contribution >= 4 is 46.8 Å². The van der Waals surface area contributed by atoms with E-state index >= 15 is 0 Å². The summed E-state index contributed by atoms with van der Waals surface area (Å²) in [5, 5.41) is 4.23. The Balaban J connectivity index is 1.84. The lowest BCUT2D eigenvalue weighted by molar-refractivity contribution is -0.139. The van der Waals surface area contributed by atoms with E-state index in [1.54, 1.807) is 11.0 Å². The molecule has 184 valence electrons. The van der Waals surface area contributed by atoms with E-state index < -0.39 is 6.04 Å². The predicted octanol–water partition coefficient (Wildman–Crippen LogP) is 6.39. The van der Waals surface area contributed by atoms with E-state index in [2.05, 4.69) is 5.32 Å². The van der Waals surface area contributed by atoms with E-state index in [9.17, 15) is 9.59 Å². The largest absolute Gasteiger partial charge is 0.354 e. The van der Waals surface area contributed by atoms with E-state index in [0.717, 1.165) is 23.1 Å². The third kappa shape index (κ3) is 8.60. The Bertz CT molecular complexity index is 1110. The van der Waals surface area contributed by atoms with Crippen LogP contribution in [0.15, 0.2) is 78.9 Å². The van der Waals surface area contributed by atoms with Crippen LogP contribution in [0.4, 0.5) is 0 Å². The number of benzene rings is 3. The fourth-order valence-electron chi connectivity index (χ4n) is 3.70. The molecule has 1 atom stereocenters. The number of carbonyl (C=O) groups excluding carboxylic acids is 2. The third-order valence-corrected chi connectivity index (χ3v) is 7.09. The van der Waals surface area contributed by atoms with E-state index in [4.69, 9.17) is 23.2 Å². The van der Waals surface area contributed by atoms with Gasteiger partial charge in [-0.15, -0.1) is 11.8 Å². The first kappa shape index (κ1) is 27.1. The lowest BCUT2D eigenvalue weighted by Crippen LogP contribution is -2.51. The van der Waals surface area contributed by atoms with Crippen molar-refractivity contribution in [3.63, 3.8) is 0 Å². The monoisotopic (exact) mass is 528 g/mol. The van der Waals surface area contributed by atoms with Crippen LogP contribution in [0.2, 0.25) is 10.0 Å². The summed E-state index contributed by atoms with van der Waals surface area (Å²) in [6.45, 7) is 2.82. The Morgan fingerprint density at radius 2 is 1.66 bits per heavy atom. The summed E-state index contributed by atoms with van der Waals surface area (Å²) in [7, 11) is 0. The van der Waals surface area contributed by atoms with Crippen molar-refractivity contribution in [1.82, 2.24) is 10.2 Å². The van der Waals surface area contributed by atoms with Crippen molar-refractivity contribution in [1.29, 1.82) is 0 Å². The molecule has 1 unspecified atom stereocenters. The average Bonchev–Trinajstić information content (AvgIpc) is 2.86. The molecule has 0 bridgehead atoms. The maximum absolute atomic E-state index is 13.6. The van der Waals surface area contributed by atoms with Crippen LogP contribution in [0.5, 0.6) is 0 Å². The fraction of sp³-hybridized carbons (Fsp3) is 0.286. The van der Waals surface area contributed by atoms with Gasteiger partial charge in [0.1, 0.15) is 6.04 Å². The van der Waals surface area contributed by atoms with Gasteiger partial charge < -0.3 is 10.2 Å². The average molecular weight is 530 g/mol. The van der Waals surface area contributed by atoms with Crippen LogP contribution in [0.1, 0.15) is 30.0 Å². The topological polar surface area (TPSA) is 49.4 Å². The Morgan fingerprint density at radius 3 is 2.37 bits per heavy atom. The van der Waals surface area contributed by atoms with Crippen molar-refractivity contribution in [3.05, 3.63) is 106 Å². The Morgan fingerprint density at radius 1 is 0.943 bits per heavy atom. The van der Waals surface area contributed by atoms with Crippen molar-refractivity contribution in [2.75, 3.05) is 12.3 Å². The summed E-state index contributed by atoms with van der Waals surface area (Å²) in [5.41, 5.74) is 2.85. The normalized spacial score (nSPS) is 11.6. The third-order valence-electron chi connectivity index (χ3n) is 5.50. The molecule has 7 heteroatoms. The quantitative estimate of drug-likeness (QED) is 0.296. The summed E-state index contributed by atoms with van der Waals surface area (Å²) in [5.74, 6) is 0.626. The summed E-state index contributed by atoms with van der Waals surface area (Å²) in [6.07, 6.45) is 1.24. The van der Waals surface area contributed by atoms with Crippen molar-refractivity contribution in [3.8, 4) is 0 Å². The minimum Gasteiger partial charge on any atom is -0.354 e. The number of hydrogen-bond acceptors (Lipinski definition) is 3. The number of rotatable bonds is 12. The molecule has 0 saturated carbocycles. The van der Waals surface area contributed by atoms with Crippen LogP contribution in [-0.4, -0.2) is 35.1 Å². The van der Waals surface area contributed by atoms with Gasteiger partial charge in [0.2, 0.25) is 11.8 Å². The summed E-state index contributed by atoms with van der Waals surface area (Å²) < 4.78 is 0. The number of halogens is 2. The SMILES string of the molecule is CCCNC(=O)C(Cc1ccccc1)N(Cc1ccccc1Cl)C(=O)CSCc1cccc(Cl)c1. The molecule has 0 heterocycles. The van der Waals surface area contributed by atoms with E-state index in [1.807, 2.05) is 79.7 Å². The van der Waals surface area contributed by atoms with Crippen LogP contribution in [0.25, 0.3) is 0 Å². The van der Waals surface area contributed by atoms with Crippen LogP contribution in [-0.2, 0) is 28.3 Å². The number of amides is 2. The van der Waals surface area contributed by atoms with E-state index in [1.165, 1.54) is 11.8 Å². The van der Waals surface area contributed by atoms with Crippen molar-refractivity contribution < 1.29 is 9.59 Å². The zero-order valence-corrected chi connectivity index (χ0v) is 22.1. The lowest BCUT2D eigenvalue weighted by Gasteiger charge is -2.31. The minimum atomic E-state index is -0.653. The summed E-state index contributed by atoms with van der Waals surface area (Å²) >= 11 is 14.0. The molecular formula is C28H30Cl2N2O2S. The Kier molecular flexibility index (Phi) is 11.0. The number of nitrogens with one attached hydrogen (secondary N) is 1. The smallest absolute Gasteiger partial charge is 0.243 e. The number of hydrogen-bond donors (Lipinski definition) is 1. The Labute approximate surface area is 222 Å². The van der Waals surface area contributed by atoms with Crippen LogP contribution >= 0.6 is 35.0 Å². The highest BCUT2D eigenvalue weighted by Gasteiger charge is 2.30. The van der Waals surface area contributed by atoms with Gasteiger partial charge in [0, 0.05) is 35.3 Å². The first-order valence-corrected chi connectivity index (χ1v) is 13.6. The van der Waals surface area contributed by atoms with Gasteiger partial charge in [-0.05, 0) is 41.3 Å². The summed E-state index contributed by atoms with van der Waals surface area (Å²) in [4.78, 5) is 28.6. The van der Waals surface area contributed by atoms with Gasteiger partial charge in [-0.1, -0.05) is 90.8 Å². The molecule has 2 amide bonds. The van der Waals surface area contributed by atoms with Gasteiger partial charge in [0.15, 0.2) is 0 Å². The van der Waals surface area contributed by atoms with Crippen molar-refractivity contribution in [2.45, 2.75) is 38.1 Å². The molecule has 3 aromatic rings. The van der Waals surface area contributed by atoms with Crippen LogP contribution in [0.3, 0.4) is 0 Å². The highest BCUT2D eigenvalue weighted by atomic mass is 35.5. The maximum atomic E-state index is 13.6. The van der Waals surface area contributed by atoms with Gasteiger partial charge in [0.05, 0.1) is 5.75 Å². The highest BCUT2D eigenvalue weighted by molar-refractivity contribution is 7.99. The second kappa shape index (κ2) is 14.2. The number of carbonyl (C=O) groups is 2. The molecule has 0 radical (unpaired) electrons. The molecule has 0 saturated heterocycles. The predicted molar refractivity (Wildman–Crippen MR) is 147 cm³/mol. The van der Waals surface area contributed by atoms with Crippen LogP contribution in [0, 0.1) is 0 Å². The summed E-state index contributed by atoms with van der Waals surface area (Å²) in [6, 6.07) is 24.2. The Hall–Kier alpha value is -2.47. The molecule has 35 heavy (non-hydrogen) atoms. The van der Waals surface area contributed by atoms with Gasteiger partial charge >= 0.3 is 0 Å². The molecule has 0 aliphatic rings. The second-order valence-electron chi connectivity index (χ2n) is 8.23. The number of nitrogens with zero attached hydrogens (tertiary/aromatic N) is 1. The van der Waals surface area contributed by atoms with Crippen LogP contribution < -0.4 is 5.32 Å².